The van der Waals surface area contributed by atoms with E-state index in [1.807, 2.05) is 54.6 Å². The summed E-state index contributed by atoms with van der Waals surface area (Å²) in [6, 6.07) is 17.2. The molecule has 0 spiro atoms. The van der Waals surface area contributed by atoms with Crippen molar-refractivity contribution in [2.24, 2.45) is 5.92 Å². The van der Waals surface area contributed by atoms with Crippen LogP contribution in [0.5, 0.6) is 0 Å². The van der Waals surface area contributed by atoms with Crippen molar-refractivity contribution >= 4 is 27.0 Å². The van der Waals surface area contributed by atoms with Crippen LogP contribution in [0.1, 0.15) is 31.2 Å². The van der Waals surface area contributed by atoms with Crippen LogP contribution in [0.25, 0.3) is 11.0 Å². The van der Waals surface area contributed by atoms with E-state index in [0.29, 0.717) is 32.5 Å². The number of para-hydroxylation sites is 2. The Bertz CT molecular complexity index is 1180. The third-order valence-electron chi connectivity index (χ3n) is 6.19. The minimum Gasteiger partial charge on any atom is -0.338 e. The molecule has 32 heavy (non-hydrogen) atoms. The van der Waals surface area contributed by atoms with Gasteiger partial charge in [-0.15, -0.1) is 0 Å². The maximum Gasteiger partial charge on any atom is 0.225 e. The number of aromatic nitrogens is 2. The predicted molar refractivity (Wildman–Crippen MR) is 125 cm³/mol. The summed E-state index contributed by atoms with van der Waals surface area (Å²) in [5, 5.41) is 0. The number of benzene rings is 2. The van der Waals surface area contributed by atoms with Crippen LogP contribution in [0.15, 0.2) is 54.6 Å². The number of hydrogen-bond acceptors (Lipinski definition) is 4. The van der Waals surface area contributed by atoms with Gasteiger partial charge in [0.15, 0.2) is 0 Å². The first-order valence-corrected chi connectivity index (χ1v) is 12.7. The van der Waals surface area contributed by atoms with Gasteiger partial charge in [0.1, 0.15) is 5.82 Å². The highest BCUT2D eigenvalue weighted by Crippen LogP contribution is 2.24. The summed E-state index contributed by atoms with van der Waals surface area (Å²) >= 11 is 0. The second-order valence-corrected chi connectivity index (χ2v) is 10.3. The molecule has 0 saturated carbocycles. The van der Waals surface area contributed by atoms with Gasteiger partial charge in [0.05, 0.1) is 23.3 Å². The van der Waals surface area contributed by atoms with Crippen LogP contribution in [0, 0.1) is 5.92 Å². The van der Waals surface area contributed by atoms with Crippen molar-refractivity contribution in [1.29, 1.82) is 0 Å². The summed E-state index contributed by atoms with van der Waals surface area (Å²) in [4.78, 5) is 19.5. The fraction of sp³-hybridized carbons (Fsp3) is 0.417. The Morgan fingerprint density at radius 3 is 2.41 bits per heavy atom. The number of sulfonamides is 1. The van der Waals surface area contributed by atoms with Gasteiger partial charge < -0.3 is 9.47 Å². The summed E-state index contributed by atoms with van der Waals surface area (Å²) in [7, 11) is -1.58. The molecule has 1 saturated heterocycles. The van der Waals surface area contributed by atoms with Gasteiger partial charge in [-0.05, 0) is 37.5 Å². The van der Waals surface area contributed by atoms with Crippen molar-refractivity contribution in [2.75, 3.05) is 20.1 Å². The number of imidazole rings is 1. The monoisotopic (exact) mass is 454 g/mol. The van der Waals surface area contributed by atoms with Crippen molar-refractivity contribution < 1.29 is 13.2 Å². The molecule has 2 heterocycles. The molecule has 0 aliphatic carbocycles. The summed E-state index contributed by atoms with van der Waals surface area (Å²) in [6.07, 6.45) is 1.09. The van der Waals surface area contributed by atoms with E-state index < -0.39 is 10.0 Å². The molecule has 1 aliphatic rings. The van der Waals surface area contributed by atoms with Crippen molar-refractivity contribution in [3.8, 4) is 0 Å². The molecular weight excluding hydrogens is 424 g/mol. The maximum atomic E-state index is 13.1. The molecule has 0 bridgehead atoms. The SMILES string of the molecule is CCn1c(CN(C)C(=O)C2CCN(S(=O)(=O)Cc3ccccc3)CC2)nc2ccccc21. The van der Waals surface area contributed by atoms with Gasteiger partial charge >= 0.3 is 0 Å². The zero-order valence-electron chi connectivity index (χ0n) is 18.6. The Morgan fingerprint density at radius 2 is 1.72 bits per heavy atom. The first-order valence-electron chi connectivity index (χ1n) is 11.1. The fourth-order valence-electron chi connectivity index (χ4n) is 4.46. The molecule has 3 aromatic rings. The lowest BCUT2D eigenvalue weighted by molar-refractivity contribution is -0.136. The van der Waals surface area contributed by atoms with E-state index in [2.05, 4.69) is 11.5 Å². The van der Waals surface area contributed by atoms with Crippen molar-refractivity contribution in [3.05, 3.63) is 66.0 Å². The molecule has 1 fully saturated rings. The normalized spacial score (nSPS) is 15.8. The molecule has 1 aliphatic heterocycles. The number of rotatable bonds is 7. The molecule has 4 rings (SSSR count). The van der Waals surface area contributed by atoms with Crippen LogP contribution in [-0.4, -0.2) is 53.2 Å². The van der Waals surface area contributed by atoms with Crippen molar-refractivity contribution in [3.63, 3.8) is 0 Å². The van der Waals surface area contributed by atoms with Crippen LogP contribution in [0.3, 0.4) is 0 Å². The third-order valence-corrected chi connectivity index (χ3v) is 8.04. The van der Waals surface area contributed by atoms with E-state index in [1.54, 1.807) is 11.9 Å². The van der Waals surface area contributed by atoms with Gasteiger partial charge in [0, 0.05) is 32.6 Å². The van der Waals surface area contributed by atoms with E-state index >= 15 is 0 Å². The average Bonchev–Trinajstić information content (AvgIpc) is 3.16. The molecule has 0 radical (unpaired) electrons. The highest BCUT2D eigenvalue weighted by Gasteiger charge is 2.32. The van der Waals surface area contributed by atoms with E-state index in [-0.39, 0.29) is 17.6 Å². The van der Waals surface area contributed by atoms with E-state index in [4.69, 9.17) is 4.98 Å². The Hall–Kier alpha value is -2.71. The highest BCUT2D eigenvalue weighted by atomic mass is 32.2. The minimum absolute atomic E-state index is 0.000405. The van der Waals surface area contributed by atoms with E-state index in [0.717, 1.165) is 29.0 Å². The summed E-state index contributed by atoms with van der Waals surface area (Å²) < 4.78 is 29.2. The quantitative estimate of drug-likeness (QED) is 0.549. The van der Waals surface area contributed by atoms with E-state index in [9.17, 15) is 13.2 Å². The molecule has 2 aromatic carbocycles. The lowest BCUT2D eigenvalue weighted by Gasteiger charge is -2.32. The second-order valence-electron chi connectivity index (χ2n) is 8.37. The van der Waals surface area contributed by atoms with Gasteiger partial charge in [-0.25, -0.2) is 17.7 Å². The molecule has 1 aromatic heterocycles. The van der Waals surface area contributed by atoms with Gasteiger partial charge in [-0.2, -0.15) is 0 Å². The first kappa shape index (κ1) is 22.5. The van der Waals surface area contributed by atoms with Gasteiger partial charge in [-0.1, -0.05) is 42.5 Å². The van der Waals surface area contributed by atoms with Gasteiger partial charge in [0.2, 0.25) is 15.9 Å². The number of carbonyl (C=O) groups excluding carboxylic acids is 1. The Labute approximate surface area is 189 Å². The zero-order valence-corrected chi connectivity index (χ0v) is 19.5. The average molecular weight is 455 g/mol. The smallest absolute Gasteiger partial charge is 0.225 e. The minimum atomic E-state index is -3.38. The van der Waals surface area contributed by atoms with Crippen LogP contribution < -0.4 is 0 Å². The maximum absolute atomic E-state index is 13.1. The number of amides is 1. The van der Waals surface area contributed by atoms with E-state index in [1.165, 1.54) is 4.31 Å². The Kier molecular flexibility index (Phi) is 6.62. The molecule has 1 amide bonds. The van der Waals surface area contributed by atoms with Crippen LogP contribution in [0.4, 0.5) is 0 Å². The fourth-order valence-corrected chi connectivity index (χ4v) is 6.02. The molecule has 7 nitrogen and oxygen atoms in total. The standard InChI is InChI=1S/C24H30N4O3S/c1-3-28-22-12-8-7-11-21(22)25-23(28)17-26(2)24(29)20-13-15-27(16-14-20)32(30,31)18-19-9-5-4-6-10-19/h4-12,20H,3,13-18H2,1-2H3. The Morgan fingerprint density at radius 1 is 1.06 bits per heavy atom. The largest absolute Gasteiger partial charge is 0.338 e. The second kappa shape index (κ2) is 9.42. The first-order chi connectivity index (χ1) is 15.4. The molecule has 0 N–H and O–H groups in total. The molecule has 8 heteroatoms. The molecule has 170 valence electrons. The van der Waals surface area contributed by atoms with Gasteiger partial charge in [0.25, 0.3) is 0 Å². The zero-order chi connectivity index (χ0) is 22.7. The molecular formula is C24H30N4O3S. The summed E-state index contributed by atoms with van der Waals surface area (Å²) in [5.74, 6) is 0.759. The number of hydrogen-bond donors (Lipinski definition) is 0. The molecule has 0 atom stereocenters. The topological polar surface area (TPSA) is 75.5 Å². The number of fused-ring (bicyclic) bond motifs is 1. The summed E-state index contributed by atoms with van der Waals surface area (Å²) in [6.45, 7) is 4.06. The van der Waals surface area contributed by atoms with Crippen LogP contribution in [0.2, 0.25) is 0 Å². The van der Waals surface area contributed by atoms with Crippen molar-refractivity contribution in [1.82, 2.24) is 18.8 Å². The number of aryl methyl sites for hydroxylation is 1. The predicted octanol–water partition coefficient (Wildman–Crippen LogP) is 3.26. The number of carbonyl (C=O) groups is 1. The van der Waals surface area contributed by atoms with Crippen LogP contribution in [-0.2, 0) is 33.7 Å². The number of nitrogens with zero attached hydrogens (tertiary/aromatic N) is 4. The van der Waals surface area contributed by atoms with Gasteiger partial charge in [-0.3, -0.25) is 4.79 Å². The molecule has 0 unspecified atom stereocenters. The summed E-state index contributed by atoms with van der Waals surface area (Å²) in [5.41, 5.74) is 2.79. The lowest BCUT2D eigenvalue weighted by atomic mass is 9.96. The van der Waals surface area contributed by atoms with Crippen molar-refractivity contribution in [2.45, 2.75) is 38.6 Å². The lowest BCUT2D eigenvalue weighted by Crippen LogP contribution is -2.43. The Balaban J connectivity index is 1.37. The van der Waals surface area contributed by atoms with Crippen LogP contribution >= 0.6 is 0 Å². The highest BCUT2D eigenvalue weighted by molar-refractivity contribution is 7.88. The third kappa shape index (κ3) is 4.71. The number of piperidine rings is 1.